The predicted molar refractivity (Wildman–Crippen MR) is 107 cm³/mol. The van der Waals surface area contributed by atoms with Gasteiger partial charge in [-0.15, -0.1) is 11.3 Å². The van der Waals surface area contributed by atoms with E-state index in [0.717, 1.165) is 12.8 Å². The highest BCUT2D eigenvalue weighted by Crippen LogP contribution is 2.48. The van der Waals surface area contributed by atoms with Crippen LogP contribution in [0.2, 0.25) is 0 Å². The molecule has 0 amide bonds. The Kier molecular flexibility index (Phi) is 3.87. The molecule has 26 heavy (non-hydrogen) atoms. The average molecular weight is 354 g/mol. The van der Waals surface area contributed by atoms with Crippen molar-refractivity contribution in [3.63, 3.8) is 0 Å². The summed E-state index contributed by atoms with van der Waals surface area (Å²) in [6, 6.07) is 17.5. The molecule has 3 heteroatoms. The summed E-state index contributed by atoms with van der Waals surface area (Å²) in [5.41, 5.74) is 8.30. The van der Waals surface area contributed by atoms with Crippen LogP contribution in [-0.4, -0.2) is 9.97 Å². The molecule has 1 aliphatic rings. The molecule has 1 aromatic carbocycles. The highest BCUT2D eigenvalue weighted by atomic mass is 32.1. The third-order valence-electron chi connectivity index (χ3n) is 5.22. The van der Waals surface area contributed by atoms with Gasteiger partial charge in [0.2, 0.25) is 0 Å². The second-order valence-corrected chi connectivity index (χ2v) is 7.64. The van der Waals surface area contributed by atoms with Crippen molar-refractivity contribution in [1.82, 2.24) is 9.97 Å². The fourth-order valence-corrected chi connectivity index (χ4v) is 4.97. The zero-order valence-corrected chi connectivity index (χ0v) is 15.1. The van der Waals surface area contributed by atoms with E-state index in [-0.39, 0.29) is 0 Å². The topological polar surface area (TPSA) is 25.8 Å². The maximum absolute atomic E-state index is 4.42. The Morgan fingerprint density at radius 3 is 2.58 bits per heavy atom. The monoisotopic (exact) mass is 354 g/mol. The number of nitrogens with zero attached hydrogens (tertiary/aromatic N) is 2. The highest BCUT2D eigenvalue weighted by Gasteiger charge is 2.29. The minimum atomic E-state index is 0.424. The van der Waals surface area contributed by atoms with Crippen LogP contribution in [0.1, 0.15) is 33.7 Å². The van der Waals surface area contributed by atoms with Gasteiger partial charge >= 0.3 is 0 Å². The van der Waals surface area contributed by atoms with E-state index in [1.165, 1.54) is 38.3 Å². The largest absolute Gasteiger partial charge is 0.265 e. The van der Waals surface area contributed by atoms with Gasteiger partial charge in [0.1, 0.15) is 0 Å². The van der Waals surface area contributed by atoms with Crippen molar-refractivity contribution in [2.45, 2.75) is 18.8 Å². The van der Waals surface area contributed by atoms with Crippen molar-refractivity contribution in [3.05, 3.63) is 107 Å². The molecular weight excluding hydrogens is 336 g/mol. The third kappa shape index (κ3) is 2.65. The van der Waals surface area contributed by atoms with E-state index in [1.54, 1.807) is 0 Å². The van der Waals surface area contributed by atoms with Crippen LogP contribution in [0, 0.1) is 0 Å². The number of rotatable bonds is 4. The molecule has 4 aromatic rings. The van der Waals surface area contributed by atoms with Crippen LogP contribution >= 0.6 is 11.3 Å². The maximum atomic E-state index is 4.42. The number of thiophene rings is 1. The maximum Gasteiger partial charge on any atom is 0.0384 e. The van der Waals surface area contributed by atoms with Gasteiger partial charge in [-0.05, 0) is 75.9 Å². The van der Waals surface area contributed by atoms with Crippen LogP contribution < -0.4 is 0 Å². The molecule has 3 heterocycles. The Balaban J connectivity index is 1.51. The molecule has 0 fully saturated rings. The van der Waals surface area contributed by atoms with E-state index in [9.17, 15) is 0 Å². The second-order valence-electron chi connectivity index (χ2n) is 6.73. The third-order valence-corrected chi connectivity index (χ3v) is 6.19. The van der Waals surface area contributed by atoms with Gasteiger partial charge < -0.3 is 0 Å². The SMILES string of the molecule is c1ccc2c(c1)-c1sccc1C2Cc1cnccc1Cc1ccncc1. The lowest BCUT2D eigenvalue weighted by Gasteiger charge is -2.16. The summed E-state index contributed by atoms with van der Waals surface area (Å²) in [5.74, 6) is 0.424. The molecular formula is C23H18N2S. The van der Waals surface area contributed by atoms with Gasteiger partial charge in [0.15, 0.2) is 0 Å². The van der Waals surface area contributed by atoms with Crippen molar-refractivity contribution < 1.29 is 0 Å². The molecule has 0 saturated heterocycles. The van der Waals surface area contributed by atoms with E-state index < -0.39 is 0 Å². The smallest absolute Gasteiger partial charge is 0.0384 e. The first-order valence-corrected chi connectivity index (χ1v) is 9.75. The molecule has 2 nitrogen and oxygen atoms in total. The lowest BCUT2D eigenvalue weighted by Crippen LogP contribution is -2.05. The highest BCUT2D eigenvalue weighted by molar-refractivity contribution is 7.13. The number of benzene rings is 1. The van der Waals surface area contributed by atoms with Gasteiger partial charge in [-0.3, -0.25) is 9.97 Å². The molecule has 0 radical (unpaired) electrons. The number of aromatic nitrogens is 2. The lowest BCUT2D eigenvalue weighted by atomic mass is 9.88. The van der Waals surface area contributed by atoms with E-state index in [0.29, 0.717) is 5.92 Å². The van der Waals surface area contributed by atoms with Gasteiger partial charge in [-0.2, -0.15) is 0 Å². The van der Waals surface area contributed by atoms with Gasteiger partial charge in [-0.1, -0.05) is 24.3 Å². The molecule has 1 atom stereocenters. The minimum absolute atomic E-state index is 0.424. The van der Waals surface area contributed by atoms with E-state index in [4.69, 9.17) is 0 Å². The van der Waals surface area contributed by atoms with Crippen LogP contribution in [-0.2, 0) is 12.8 Å². The van der Waals surface area contributed by atoms with Crippen LogP contribution in [0.15, 0.2) is 78.7 Å². The van der Waals surface area contributed by atoms with Gasteiger partial charge in [0.05, 0.1) is 0 Å². The second kappa shape index (κ2) is 6.50. The lowest BCUT2D eigenvalue weighted by molar-refractivity contribution is 0.813. The van der Waals surface area contributed by atoms with Crippen molar-refractivity contribution in [2.75, 3.05) is 0 Å². The van der Waals surface area contributed by atoms with Gasteiger partial charge in [0, 0.05) is 35.6 Å². The summed E-state index contributed by atoms with van der Waals surface area (Å²) in [6.07, 6.45) is 9.59. The first-order chi connectivity index (χ1) is 12.9. The number of hydrogen-bond acceptors (Lipinski definition) is 3. The quantitative estimate of drug-likeness (QED) is 0.485. The summed E-state index contributed by atoms with van der Waals surface area (Å²) < 4.78 is 0. The number of pyridine rings is 2. The van der Waals surface area contributed by atoms with Crippen LogP contribution in [0.4, 0.5) is 0 Å². The van der Waals surface area contributed by atoms with Crippen molar-refractivity contribution in [2.24, 2.45) is 0 Å². The molecule has 1 aliphatic carbocycles. The van der Waals surface area contributed by atoms with Crippen LogP contribution in [0.25, 0.3) is 10.4 Å². The molecule has 3 aromatic heterocycles. The summed E-state index contributed by atoms with van der Waals surface area (Å²) in [4.78, 5) is 9.98. The molecule has 0 spiro atoms. The zero-order valence-electron chi connectivity index (χ0n) is 14.3. The summed E-state index contributed by atoms with van der Waals surface area (Å²) in [6.45, 7) is 0. The Hall–Kier alpha value is -2.78. The zero-order chi connectivity index (χ0) is 17.3. The first kappa shape index (κ1) is 15.5. The van der Waals surface area contributed by atoms with Crippen LogP contribution in [0.5, 0.6) is 0 Å². The molecule has 0 bridgehead atoms. The normalized spacial score (nSPS) is 14.8. The van der Waals surface area contributed by atoms with Gasteiger partial charge in [-0.25, -0.2) is 0 Å². The van der Waals surface area contributed by atoms with Crippen molar-refractivity contribution >= 4 is 11.3 Å². The predicted octanol–water partition coefficient (Wildman–Crippen LogP) is 5.48. The minimum Gasteiger partial charge on any atom is -0.265 e. The molecule has 0 saturated carbocycles. The molecule has 0 N–H and O–H groups in total. The molecule has 126 valence electrons. The average Bonchev–Trinajstić information content (AvgIpc) is 3.27. The number of hydrogen-bond donors (Lipinski definition) is 0. The van der Waals surface area contributed by atoms with E-state index in [1.807, 2.05) is 36.1 Å². The van der Waals surface area contributed by atoms with Crippen molar-refractivity contribution in [1.29, 1.82) is 0 Å². The molecule has 5 rings (SSSR count). The standard InChI is InChI=1S/C23H18N2S/c1-2-4-20-19(3-1)22(21-8-12-26-23(20)21)14-18-15-25-11-7-17(18)13-16-5-9-24-10-6-16/h1-12,15,22H,13-14H2. The fourth-order valence-electron chi connectivity index (χ4n) is 3.96. The molecule has 1 unspecified atom stereocenters. The van der Waals surface area contributed by atoms with Crippen LogP contribution in [0.3, 0.4) is 0 Å². The Bertz CT molecular complexity index is 1050. The Labute approximate surface area is 157 Å². The summed E-state index contributed by atoms with van der Waals surface area (Å²) in [5, 5.41) is 2.22. The van der Waals surface area contributed by atoms with Gasteiger partial charge in [0.25, 0.3) is 0 Å². The summed E-state index contributed by atoms with van der Waals surface area (Å²) >= 11 is 1.85. The Morgan fingerprint density at radius 1 is 0.808 bits per heavy atom. The molecule has 0 aliphatic heterocycles. The first-order valence-electron chi connectivity index (χ1n) is 8.87. The van der Waals surface area contributed by atoms with Crippen molar-refractivity contribution in [3.8, 4) is 10.4 Å². The summed E-state index contributed by atoms with van der Waals surface area (Å²) in [7, 11) is 0. The Morgan fingerprint density at radius 2 is 1.65 bits per heavy atom. The number of fused-ring (bicyclic) bond motifs is 3. The van der Waals surface area contributed by atoms with E-state index in [2.05, 4.69) is 63.9 Å². The fraction of sp³-hybridized carbons (Fsp3) is 0.130. The van der Waals surface area contributed by atoms with E-state index >= 15 is 0 Å².